The number of ketones is 1. The van der Waals surface area contributed by atoms with Gasteiger partial charge in [-0.2, -0.15) is 0 Å². The molecule has 1 aliphatic heterocycles. The van der Waals surface area contributed by atoms with Crippen LogP contribution in [-0.2, 0) is 4.79 Å². The highest BCUT2D eigenvalue weighted by atomic mass is 16.2. The number of amides is 1. The van der Waals surface area contributed by atoms with E-state index in [1.54, 1.807) is 30.5 Å². The van der Waals surface area contributed by atoms with Crippen LogP contribution in [-0.4, -0.2) is 16.7 Å². The Balaban J connectivity index is 2.02. The average molecular weight is 280 g/mol. The Labute approximate surface area is 122 Å². The molecule has 106 valence electrons. The van der Waals surface area contributed by atoms with Crippen LogP contribution in [0.5, 0.6) is 0 Å². The maximum absolute atomic E-state index is 12.1. The molecule has 2 N–H and O–H groups in total. The summed E-state index contributed by atoms with van der Waals surface area (Å²) in [4.78, 5) is 27.2. The van der Waals surface area contributed by atoms with E-state index >= 15 is 0 Å². The molecular weight excluding hydrogens is 264 g/mol. The number of fused-ring (bicyclic) bond motifs is 1. The minimum atomic E-state index is -0.139. The van der Waals surface area contributed by atoms with E-state index in [0.717, 1.165) is 23.4 Å². The maximum Gasteiger partial charge on any atom is 0.256 e. The molecule has 0 aliphatic carbocycles. The highest BCUT2D eigenvalue weighted by Gasteiger charge is 2.25. The molecule has 3 rings (SSSR count). The first-order valence-electron chi connectivity index (χ1n) is 7.03. The molecule has 1 aromatic carbocycles. The summed E-state index contributed by atoms with van der Waals surface area (Å²) >= 11 is 0. The number of hydrogen-bond acceptors (Lipinski definition) is 2. The molecule has 0 fully saturated rings. The van der Waals surface area contributed by atoms with Crippen molar-refractivity contribution < 1.29 is 9.59 Å². The summed E-state index contributed by atoms with van der Waals surface area (Å²) in [5.41, 5.74) is 3.64. The molecule has 4 heteroatoms. The molecule has 0 saturated heterocycles. The maximum atomic E-state index is 12.1. The monoisotopic (exact) mass is 280 g/mol. The van der Waals surface area contributed by atoms with Gasteiger partial charge in [0.15, 0.2) is 5.78 Å². The van der Waals surface area contributed by atoms with Crippen LogP contribution in [0.15, 0.2) is 36.5 Å². The van der Waals surface area contributed by atoms with Crippen molar-refractivity contribution in [3.63, 3.8) is 0 Å². The molecule has 0 unspecified atom stereocenters. The number of carbonyl (C=O) groups excluding carboxylic acids is 2. The zero-order chi connectivity index (χ0) is 14.8. The Hall–Kier alpha value is -2.62. The Morgan fingerprint density at radius 2 is 2.14 bits per heavy atom. The minimum absolute atomic E-state index is 0.110. The molecule has 0 radical (unpaired) electrons. The fourth-order valence-corrected chi connectivity index (χ4v) is 2.47. The van der Waals surface area contributed by atoms with Gasteiger partial charge >= 0.3 is 0 Å². The largest absolute Gasteiger partial charge is 0.362 e. The van der Waals surface area contributed by atoms with Crippen LogP contribution >= 0.6 is 0 Å². The van der Waals surface area contributed by atoms with Crippen LogP contribution in [0.4, 0.5) is 5.69 Å². The first-order chi connectivity index (χ1) is 10.2. The van der Waals surface area contributed by atoms with Gasteiger partial charge in [0.25, 0.3) is 5.91 Å². The third-order valence-electron chi connectivity index (χ3n) is 3.52. The van der Waals surface area contributed by atoms with E-state index in [1.807, 2.05) is 19.1 Å². The molecule has 0 bridgehead atoms. The quantitative estimate of drug-likeness (QED) is 0.665. The normalized spacial score (nSPS) is 15.1. The number of anilines is 1. The SMILES string of the molecule is CCCC(=O)c1ccc2c(c1)/C(=C/c1ccc[nH]1)C(=O)N2. The molecule has 4 nitrogen and oxygen atoms in total. The molecule has 0 spiro atoms. The molecule has 1 aliphatic rings. The number of aromatic amines is 1. The lowest BCUT2D eigenvalue weighted by Gasteiger charge is -2.03. The molecule has 2 aromatic rings. The lowest BCUT2D eigenvalue weighted by atomic mass is 9.99. The highest BCUT2D eigenvalue weighted by Crippen LogP contribution is 2.33. The van der Waals surface area contributed by atoms with E-state index in [1.165, 1.54) is 0 Å². The van der Waals surface area contributed by atoms with Crippen LogP contribution in [0.1, 0.15) is 41.4 Å². The van der Waals surface area contributed by atoms with Gasteiger partial charge in [0.1, 0.15) is 0 Å². The van der Waals surface area contributed by atoms with Gasteiger partial charge in [-0.15, -0.1) is 0 Å². The summed E-state index contributed by atoms with van der Waals surface area (Å²) in [5.74, 6) is -0.0291. The third kappa shape index (κ3) is 2.52. The Morgan fingerprint density at radius 1 is 1.29 bits per heavy atom. The second-order valence-electron chi connectivity index (χ2n) is 5.07. The number of aromatic nitrogens is 1. The lowest BCUT2D eigenvalue weighted by molar-refractivity contribution is -0.110. The number of H-pyrrole nitrogens is 1. The van der Waals surface area contributed by atoms with Crippen molar-refractivity contribution in [2.24, 2.45) is 0 Å². The predicted octanol–water partition coefficient (Wildman–Crippen LogP) is 3.49. The topological polar surface area (TPSA) is 62.0 Å². The van der Waals surface area contributed by atoms with Crippen LogP contribution in [0.3, 0.4) is 0 Å². The van der Waals surface area contributed by atoms with Gasteiger partial charge in [0, 0.05) is 35.1 Å². The molecule has 2 heterocycles. The summed E-state index contributed by atoms with van der Waals surface area (Å²) in [5, 5.41) is 2.83. The second-order valence-corrected chi connectivity index (χ2v) is 5.07. The van der Waals surface area contributed by atoms with Gasteiger partial charge in [0.2, 0.25) is 0 Å². The smallest absolute Gasteiger partial charge is 0.256 e. The van der Waals surface area contributed by atoms with Crippen molar-refractivity contribution in [1.29, 1.82) is 0 Å². The molecule has 21 heavy (non-hydrogen) atoms. The molecule has 1 amide bonds. The number of benzene rings is 1. The molecule has 1 aromatic heterocycles. The highest BCUT2D eigenvalue weighted by molar-refractivity contribution is 6.35. The van der Waals surface area contributed by atoms with Crippen molar-refractivity contribution in [3.05, 3.63) is 53.3 Å². The van der Waals surface area contributed by atoms with E-state index in [9.17, 15) is 9.59 Å². The zero-order valence-electron chi connectivity index (χ0n) is 11.8. The van der Waals surface area contributed by atoms with Crippen molar-refractivity contribution in [1.82, 2.24) is 4.98 Å². The fourth-order valence-electron chi connectivity index (χ4n) is 2.47. The summed E-state index contributed by atoms with van der Waals surface area (Å²) in [6.45, 7) is 1.98. The van der Waals surface area contributed by atoms with Crippen molar-refractivity contribution in [2.45, 2.75) is 19.8 Å². The van der Waals surface area contributed by atoms with Gasteiger partial charge in [0.05, 0.1) is 5.57 Å². The first-order valence-corrected chi connectivity index (χ1v) is 7.03. The number of Topliss-reactive ketones (excluding diaryl/α,β-unsaturated/α-hetero) is 1. The van der Waals surface area contributed by atoms with Crippen LogP contribution in [0.25, 0.3) is 11.6 Å². The van der Waals surface area contributed by atoms with Crippen LogP contribution < -0.4 is 5.32 Å². The van der Waals surface area contributed by atoms with E-state index in [4.69, 9.17) is 0 Å². The van der Waals surface area contributed by atoms with Gasteiger partial charge < -0.3 is 10.3 Å². The third-order valence-corrected chi connectivity index (χ3v) is 3.52. The Morgan fingerprint density at radius 3 is 2.86 bits per heavy atom. The zero-order valence-corrected chi connectivity index (χ0v) is 11.8. The number of hydrogen-bond donors (Lipinski definition) is 2. The number of rotatable bonds is 4. The van der Waals surface area contributed by atoms with Crippen molar-refractivity contribution in [2.75, 3.05) is 5.32 Å². The van der Waals surface area contributed by atoms with Gasteiger partial charge in [-0.05, 0) is 42.8 Å². The standard InChI is InChI=1S/C17H16N2O2/c1-2-4-16(20)11-6-7-15-13(9-11)14(17(21)19-15)10-12-5-3-8-18-12/h3,5-10,18H,2,4H2,1H3,(H,19,21)/b14-10-. The summed E-state index contributed by atoms with van der Waals surface area (Å²) in [7, 11) is 0. The summed E-state index contributed by atoms with van der Waals surface area (Å²) in [6, 6.07) is 9.14. The van der Waals surface area contributed by atoms with Crippen molar-refractivity contribution in [3.8, 4) is 0 Å². The van der Waals surface area contributed by atoms with Crippen molar-refractivity contribution >= 4 is 29.0 Å². The molecule has 0 saturated carbocycles. The Bertz CT molecular complexity index is 727. The molecule has 0 atom stereocenters. The first kappa shape index (κ1) is 13.4. The van der Waals surface area contributed by atoms with E-state index in [2.05, 4.69) is 10.3 Å². The second kappa shape index (κ2) is 5.40. The van der Waals surface area contributed by atoms with Crippen LogP contribution in [0.2, 0.25) is 0 Å². The average Bonchev–Trinajstić information content (AvgIpc) is 3.08. The predicted molar refractivity (Wildman–Crippen MR) is 83.0 cm³/mol. The van der Waals surface area contributed by atoms with E-state index in [0.29, 0.717) is 17.6 Å². The van der Waals surface area contributed by atoms with Gasteiger partial charge in [-0.3, -0.25) is 9.59 Å². The number of carbonyl (C=O) groups is 2. The summed E-state index contributed by atoms with van der Waals surface area (Å²) < 4.78 is 0. The lowest BCUT2D eigenvalue weighted by Crippen LogP contribution is -2.03. The van der Waals surface area contributed by atoms with Crippen LogP contribution in [0, 0.1) is 0 Å². The van der Waals surface area contributed by atoms with Gasteiger partial charge in [-0.1, -0.05) is 6.92 Å². The van der Waals surface area contributed by atoms with E-state index in [-0.39, 0.29) is 11.7 Å². The Kier molecular flexibility index (Phi) is 3.44. The molecular formula is C17H16N2O2. The fraction of sp³-hybridized carbons (Fsp3) is 0.176. The summed E-state index contributed by atoms with van der Waals surface area (Å²) in [6.07, 6.45) is 4.95. The number of nitrogens with one attached hydrogen (secondary N) is 2. The van der Waals surface area contributed by atoms with E-state index < -0.39 is 0 Å². The minimum Gasteiger partial charge on any atom is -0.362 e. The van der Waals surface area contributed by atoms with Gasteiger partial charge in [-0.25, -0.2) is 0 Å².